The summed E-state index contributed by atoms with van der Waals surface area (Å²) in [6.07, 6.45) is 5.10. The van der Waals surface area contributed by atoms with E-state index in [1.807, 2.05) is 13.0 Å². The van der Waals surface area contributed by atoms with Crippen LogP contribution in [0.15, 0.2) is 22.2 Å². The van der Waals surface area contributed by atoms with Gasteiger partial charge in [0.25, 0.3) is 0 Å². The van der Waals surface area contributed by atoms with Crippen LogP contribution in [0.3, 0.4) is 0 Å². The van der Waals surface area contributed by atoms with E-state index >= 15 is 0 Å². The van der Waals surface area contributed by atoms with Crippen molar-refractivity contribution in [1.29, 1.82) is 0 Å². The highest BCUT2D eigenvalue weighted by Gasteiger charge is 2.17. The summed E-state index contributed by atoms with van der Waals surface area (Å²) in [6, 6.07) is 1.84. The molecule has 0 atom stereocenters. The van der Waals surface area contributed by atoms with Gasteiger partial charge in [-0.1, -0.05) is 0 Å². The molecule has 7 heteroatoms. The van der Waals surface area contributed by atoms with Crippen molar-refractivity contribution in [2.24, 2.45) is 0 Å². The maximum atomic E-state index is 11.9. The van der Waals surface area contributed by atoms with Crippen LogP contribution in [0, 0.1) is 0 Å². The molecule has 0 unspecified atom stereocenters. The van der Waals surface area contributed by atoms with Crippen LogP contribution in [-0.4, -0.2) is 27.8 Å². The van der Waals surface area contributed by atoms with Crippen molar-refractivity contribution >= 4 is 44.9 Å². The van der Waals surface area contributed by atoms with Crippen molar-refractivity contribution in [2.75, 3.05) is 7.11 Å². The van der Waals surface area contributed by atoms with Crippen LogP contribution in [0.25, 0.3) is 11.6 Å². The molecule has 2 heterocycles. The summed E-state index contributed by atoms with van der Waals surface area (Å²) >= 11 is 4.72. The van der Waals surface area contributed by atoms with Gasteiger partial charge in [0.2, 0.25) is 0 Å². The van der Waals surface area contributed by atoms with E-state index in [0.717, 1.165) is 16.0 Å². The van der Waals surface area contributed by atoms with E-state index in [1.54, 1.807) is 23.2 Å². The van der Waals surface area contributed by atoms with E-state index in [4.69, 9.17) is 4.74 Å². The van der Waals surface area contributed by atoms with E-state index in [2.05, 4.69) is 26.0 Å². The van der Waals surface area contributed by atoms with Gasteiger partial charge in [0.15, 0.2) is 0 Å². The zero-order valence-electron chi connectivity index (χ0n) is 10.5. The number of hydrogen-bond donors (Lipinski definition) is 0. The molecule has 2 aromatic heterocycles. The molecular formula is C12H12BrN3O2S. The molecule has 19 heavy (non-hydrogen) atoms. The van der Waals surface area contributed by atoms with Crippen LogP contribution in [0.2, 0.25) is 0 Å². The minimum absolute atomic E-state index is 0.411. The molecule has 2 rings (SSSR count). The Hall–Kier alpha value is -1.47. The smallest absolute Gasteiger partial charge is 0.341 e. The second kappa shape index (κ2) is 6.12. The first-order chi connectivity index (χ1) is 9.15. The predicted octanol–water partition coefficient (Wildman–Crippen LogP) is 2.84. The van der Waals surface area contributed by atoms with Gasteiger partial charge in [-0.25, -0.2) is 9.78 Å². The van der Waals surface area contributed by atoms with Crippen molar-refractivity contribution in [3.05, 3.63) is 32.9 Å². The normalized spacial score (nSPS) is 11.6. The van der Waals surface area contributed by atoms with Gasteiger partial charge in [0.1, 0.15) is 5.01 Å². The molecule has 100 valence electrons. The number of aryl methyl sites for hydroxylation is 1. The molecule has 0 amide bonds. The average molecular weight is 342 g/mol. The van der Waals surface area contributed by atoms with Crippen molar-refractivity contribution in [2.45, 2.75) is 13.5 Å². The number of nitrogens with zero attached hydrogens (tertiary/aromatic N) is 3. The third kappa shape index (κ3) is 3.10. The minimum Gasteiger partial charge on any atom is -0.465 e. The Morgan fingerprint density at radius 2 is 2.42 bits per heavy atom. The molecule has 0 bridgehead atoms. The standard InChI is InChI=1S/C12H12BrN3O2S/c1-3-16-8(4-5-15-16)6-9(12(17)18-2)11-14-7-10(13)19-11/h4-7H,3H2,1-2H3. The third-order valence-corrected chi connectivity index (χ3v) is 3.96. The lowest BCUT2D eigenvalue weighted by molar-refractivity contribution is -0.133. The highest BCUT2D eigenvalue weighted by Crippen LogP contribution is 2.27. The summed E-state index contributed by atoms with van der Waals surface area (Å²) in [6.45, 7) is 2.72. The molecular weight excluding hydrogens is 330 g/mol. The van der Waals surface area contributed by atoms with E-state index in [1.165, 1.54) is 18.4 Å². The molecule has 2 aromatic rings. The summed E-state index contributed by atoms with van der Waals surface area (Å²) in [5.74, 6) is -0.411. The summed E-state index contributed by atoms with van der Waals surface area (Å²) < 4.78 is 7.47. The zero-order chi connectivity index (χ0) is 13.8. The summed E-state index contributed by atoms with van der Waals surface area (Å²) in [5, 5.41) is 4.78. The lowest BCUT2D eigenvalue weighted by Gasteiger charge is -2.04. The van der Waals surface area contributed by atoms with Gasteiger partial charge in [-0.05, 0) is 35.0 Å². The quantitative estimate of drug-likeness (QED) is 0.633. The molecule has 0 aromatic carbocycles. The number of carbonyl (C=O) groups excluding carboxylic acids is 1. The second-order valence-corrected chi connectivity index (χ2v) is 6.00. The summed E-state index contributed by atoms with van der Waals surface area (Å²) in [4.78, 5) is 16.1. The van der Waals surface area contributed by atoms with Crippen molar-refractivity contribution in [1.82, 2.24) is 14.8 Å². The summed E-state index contributed by atoms with van der Waals surface area (Å²) in [5.41, 5.74) is 1.27. The maximum Gasteiger partial charge on any atom is 0.341 e. The van der Waals surface area contributed by atoms with E-state index < -0.39 is 5.97 Å². The molecule has 0 saturated heterocycles. The largest absolute Gasteiger partial charge is 0.465 e. The first-order valence-electron chi connectivity index (χ1n) is 5.59. The van der Waals surface area contributed by atoms with Crippen molar-refractivity contribution in [3.63, 3.8) is 0 Å². The average Bonchev–Trinajstić information content (AvgIpc) is 3.03. The Bertz CT molecular complexity index is 618. The monoisotopic (exact) mass is 341 g/mol. The fourth-order valence-electron chi connectivity index (χ4n) is 1.57. The van der Waals surface area contributed by atoms with Crippen LogP contribution < -0.4 is 0 Å². The number of halogens is 1. The number of aromatic nitrogens is 3. The van der Waals surface area contributed by atoms with Gasteiger partial charge in [-0.15, -0.1) is 11.3 Å². The number of hydrogen-bond acceptors (Lipinski definition) is 5. The number of methoxy groups -OCH3 is 1. The van der Waals surface area contributed by atoms with Crippen LogP contribution >= 0.6 is 27.3 Å². The Morgan fingerprint density at radius 1 is 1.63 bits per heavy atom. The fourth-order valence-corrected chi connectivity index (χ4v) is 2.78. The zero-order valence-corrected chi connectivity index (χ0v) is 12.9. The first-order valence-corrected chi connectivity index (χ1v) is 7.20. The lowest BCUT2D eigenvalue weighted by atomic mass is 10.2. The van der Waals surface area contributed by atoms with Crippen LogP contribution in [-0.2, 0) is 16.1 Å². The highest BCUT2D eigenvalue weighted by molar-refractivity contribution is 9.11. The van der Waals surface area contributed by atoms with Gasteiger partial charge in [0, 0.05) is 12.7 Å². The fraction of sp³-hybridized carbons (Fsp3) is 0.250. The number of ether oxygens (including phenoxy) is 1. The van der Waals surface area contributed by atoms with Crippen LogP contribution in [0.5, 0.6) is 0 Å². The second-order valence-electron chi connectivity index (χ2n) is 3.59. The van der Waals surface area contributed by atoms with Gasteiger partial charge in [-0.3, -0.25) is 4.68 Å². The van der Waals surface area contributed by atoms with Crippen LogP contribution in [0.1, 0.15) is 17.6 Å². The summed E-state index contributed by atoms with van der Waals surface area (Å²) in [7, 11) is 1.36. The van der Waals surface area contributed by atoms with Gasteiger partial charge in [0.05, 0.1) is 28.4 Å². The van der Waals surface area contributed by atoms with E-state index in [9.17, 15) is 4.79 Å². The maximum absolute atomic E-state index is 11.9. The number of carbonyl (C=O) groups is 1. The Labute approximate surface area is 123 Å². The first kappa shape index (κ1) is 14.0. The van der Waals surface area contributed by atoms with Gasteiger partial charge >= 0.3 is 5.97 Å². The molecule has 0 aliphatic heterocycles. The lowest BCUT2D eigenvalue weighted by Crippen LogP contribution is -2.05. The molecule has 0 aliphatic rings. The predicted molar refractivity (Wildman–Crippen MR) is 77.6 cm³/mol. The highest BCUT2D eigenvalue weighted by atomic mass is 79.9. The molecule has 0 aliphatic carbocycles. The number of thiazole rings is 1. The molecule has 0 radical (unpaired) electrons. The minimum atomic E-state index is -0.411. The topological polar surface area (TPSA) is 57.0 Å². The Morgan fingerprint density at radius 3 is 3.00 bits per heavy atom. The van der Waals surface area contributed by atoms with Crippen molar-refractivity contribution in [3.8, 4) is 0 Å². The Balaban J connectivity index is 2.46. The number of rotatable bonds is 4. The molecule has 0 spiro atoms. The molecule has 5 nitrogen and oxygen atoms in total. The van der Waals surface area contributed by atoms with Crippen LogP contribution in [0.4, 0.5) is 0 Å². The van der Waals surface area contributed by atoms with Crippen molar-refractivity contribution < 1.29 is 9.53 Å². The van der Waals surface area contributed by atoms with Gasteiger partial charge in [-0.2, -0.15) is 5.10 Å². The molecule has 0 saturated carbocycles. The van der Waals surface area contributed by atoms with Gasteiger partial charge < -0.3 is 4.74 Å². The molecule has 0 fully saturated rings. The SMILES string of the molecule is CCn1nccc1C=C(C(=O)OC)c1ncc(Br)s1. The Kier molecular flexibility index (Phi) is 4.49. The number of esters is 1. The van der Waals surface area contributed by atoms with E-state index in [-0.39, 0.29) is 0 Å². The van der Waals surface area contributed by atoms with E-state index in [0.29, 0.717) is 10.6 Å². The third-order valence-electron chi connectivity index (χ3n) is 2.45. The molecule has 0 N–H and O–H groups in total.